The van der Waals surface area contributed by atoms with Gasteiger partial charge in [-0.1, -0.05) is 24.3 Å². The van der Waals surface area contributed by atoms with Gasteiger partial charge >= 0.3 is 5.97 Å². The Morgan fingerprint density at radius 1 is 1.19 bits per heavy atom. The number of methoxy groups -OCH3 is 1. The lowest BCUT2D eigenvalue weighted by Crippen LogP contribution is -2.42. The van der Waals surface area contributed by atoms with Crippen molar-refractivity contribution in [1.82, 2.24) is 0 Å². The maximum Gasteiger partial charge on any atom is 0.311 e. The molecule has 2 N–H and O–H groups in total. The molecule has 0 aromatic heterocycles. The summed E-state index contributed by atoms with van der Waals surface area (Å²) in [6, 6.07) is 5.20. The highest BCUT2D eigenvalue weighted by Gasteiger charge is 2.43. The van der Waals surface area contributed by atoms with E-state index >= 15 is 0 Å². The molecular weight excluding hydrogens is 346 g/mol. The quantitative estimate of drug-likeness (QED) is 0.795. The molecule has 2 unspecified atom stereocenters. The molecule has 1 saturated carbocycles. The number of carbonyl (C=O) groups is 2. The maximum atomic E-state index is 12.9. The highest BCUT2D eigenvalue weighted by Crippen LogP contribution is 2.37. The van der Waals surface area contributed by atoms with Crippen molar-refractivity contribution in [3.63, 3.8) is 0 Å². The fraction of sp³-hybridized carbons (Fsp3) is 0.429. The molecule has 144 valence electrons. The predicted octanol–water partition coefficient (Wildman–Crippen LogP) is 3.79. The molecule has 3 rings (SSSR count). The number of nitrogens with one attached hydrogen (secondary N) is 1. The minimum Gasteiger partial charge on any atom is -0.493 e. The summed E-state index contributed by atoms with van der Waals surface area (Å²) >= 11 is 0. The number of anilines is 1. The Kier molecular flexibility index (Phi) is 5.54. The molecule has 2 aliphatic rings. The average molecular weight is 371 g/mol. The summed E-state index contributed by atoms with van der Waals surface area (Å²) in [6.07, 6.45) is 11.0. The first-order valence-corrected chi connectivity index (χ1v) is 9.19. The first-order valence-electron chi connectivity index (χ1n) is 9.19. The second-order valence-corrected chi connectivity index (χ2v) is 7.19. The van der Waals surface area contributed by atoms with Crippen molar-refractivity contribution >= 4 is 17.6 Å². The van der Waals surface area contributed by atoms with E-state index in [1.807, 2.05) is 0 Å². The van der Waals surface area contributed by atoms with Gasteiger partial charge in [-0.15, -0.1) is 0 Å². The number of carbonyl (C=O) groups excluding carboxylic acids is 1. The standard InChI is InChI=1S/C21H25NO5/c1-21(12-6-5-9-16(21)19(23)24)20(25)22-14-10-11-17(26-2)18(13-14)27-15-7-3-4-8-15/h5-6,9-13,15-16H,3-4,7-8H2,1-2H3,(H,22,25)(H,23,24). The van der Waals surface area contributed by atoms with Gasteiger partial charge in [0.1, 0.15) is 0 Å². The van der Waals surface area contributed by atoms with Gasteiger partial charge < -0.3 is 19.9 Å². The van der Waals surface area contributed by atoms with Crippen molar-refractivity contribution in [3.05, 3.63) is 42.5 Å². The largest absolute Gasteiger partial charge is 0.493 e. The van der Waals surface area contributed by atoms with E-state index in [4.69, 9.17) is 9.47 Å². The molecule has 1 fully saturated rings. The molecule has 0 aliphatic heterocycles. The number of carboxylic acid groups (broad SMARTS) is 1. The molecule has 0 spiro atoms. The van der Waals surface area contributed by atoms with Crippen LogP contribution in [0, 0.1) is 11.3 Å². The number of hydrogen-bond donors (Lipinski definition) is 2. The summed E-state index contributed by atoms with van der Waals surface area (Å²) in [4.78, 5) is 24.4. The molecule has 1 aromatic carbocycles. The zero-order valence-electron chi connectivity index (χ0n) is 15.6. The summed E-state index contributed by atoms with van der Waals surface area (Å²) in [6.45, 7) is 1.63. The Bertz CT molecular complexity index is 779. The lowest BCUT2D eigenvalue weighted by Gasteiger charge is -2.31. The summed E-state index contributed by atoms with van der Waals surface area (Å²) < 4.78 is 11.4. The Balaban J connectivity index is 1.80. The zero-order valence-corrected chi connectivity index (χ0v) is 15.6. The molecule has 0 bridgehead atoms. The Labute approximate surface area is 158 Å². The van der Waals surface area contributed by atoms with Crippen molar-refractivity contribution in [1.29, 1.82) is 0 Å². The van der Waals surface area contributed by atoms with Crippen molar-refractivity contribution in [2.75, 3.05) is 12.4 Å². The Morgan fingerprint density at radius 2 is 1.93 bits per heavy atom. The monoisotopic (exact) mass is 371 g/mol. The van der Waals surface area contributed by atoms with Crippen molar-refractivity contribution in [3.8, 4) is 11.5 Å². The van der Waals surface area contributed by atoms with Gasteiger partial charge in [0.05, 0.1) is 24.5 Å². The molecule has 1 aromatic rings. The fourth-order valence-electron chi connectivity index (χ4n) is 3.59. The molecule has 0 saturated heterocycles. The molecule has 2 atom stereocenters. The maximum absolute atomic E-state index is 12.9. The van der Waals surface area contributed by atoms with Crippen LogP contribution >= 0.6 is 0 Å². The van der Waals surface area contributed by atoms with Crippen molar-refractivity contribution < 1.29 is 24.2 Å². The summed E-state index contributed by atoms with van der Waals surface area (Å²) in [5.74, 6) is -1.15. The summed E-state index contributed by atoms with van der Waals surface area (Å²) in [7, 11) is 1.58. The predicted molar refractivity (Wildman–Crippen MR) is 102 cm³/mol. The van der Waals surface area contributed by atoms with Crippen molar-refractivity contribution in [2.24, 2.45) is 11.3 Å². The third-order valence-corrected chi connectivity index (χ3v) is 5.28. The van der Waals surface area contributed by atoms with Gasteiger partial charge in [0, 0.05) is 11.8 Å². The van der Waals surface area contributed by atoms with Crippen LogP contribution in [-0.2, 0) is 9.59 Å². The summed E-state index contributed by atoms with van der Waals surface area (Å²) in [5.41, 5.74) is -0.630. The minimum atomic E-state index is -1.17. The van der Waals surface area contributed by atoms with Crippen LogP contribution < -0.4 is 14.8 Å². The molecule has 27 heavy (non-hydrogen) atoms. The highest BCUT2D eigenvalue weighted by atomic mass is 16.5. The van der Waals surface area contributed by atoms with Gasteiger partial charge in [0.25, 0.3) is 0 Å². The second kappa shape index (κ2) is 7.86. The molecular formula is C21H25NO5. The van der Waals surface area contributed by atoms with Gasteiger partial charge in [0.2, 0.25) is 5.91 Å². The topological polar surface area (TPSA) is 84.9 Å². The van der Waals surface area contributed by atoms with E-state index in [2.05, 4.69) is 5.32 Å². The highest BCUT2D eigenvalue weighted by molar-refractivity contribution is 6.00. The molecule has 2 aliphatic carbocycles. The fourth-order valence-corrected chi connectivity index (χ4v) is 3.59. The first kappa shape index (κ1) is 19.0. The smallest absolute Gasteiger partial charge is 0.311 e. The van der Waals surface area contributed by atoms with E-state index in [-0.39, 0.29) is 12.0 Å². The number of hydrogen-bond acceptors (Lipinski definition) is 4. The number of allylic oxidation sites excluding steroid dienone is 2. The van der Waals surface area contributed by atoms with Crippen LogP contribution in [0.2, 0.25) is 0 Å². The van der Waals surface area contributed by atoms with Gasteiger partial charge in [-0.3, -0.25) is 9.59 Å². The van der Waals surface area contributed by atoms with Gasteiger partial charge in [-0.25, -0.2) is 0 Å². The molecule has 1 amide bonds. The van der Waals surface area contributed by atoms with Crippen LogP contribution in [0.5, 0.6) is 11.5 Å². The second-order valence-electron chi connectivity index (χ2n) is 7.19. The normalized spacial score (nSPS) is 24.6. The average Bonchev–Trinajstić information content (AvgIpc) is 3.15. The van der Waals surface area contributed by atoms with E-state index in [0.717, 1.165) is 25.7 Å². The first-order chi connectivity index (χ1) is 12.9. The van der Waals surface area contributed by atoms with Crippen LogP contribution in [0.3, 0.4) is 0 Å². The van der Waals surface area contributed by atoms with E-state index in [0.29, 0.717) is 17.2 Å². The lowest BCUT2D eigenvalue weighted by molar-refractivity contribution is -0.146. The Morgan fingerprint density at radius 3 is 2.59 bits per heavy atom. The van der Waals surface area contributed by atoms with E-state index in [1.165, 1.54) is 6.08 Å². The summed E-state index contributed by atoms with van der Waals surface area (Å²) in [5, 5.41) is 12.3. The number of aliphatic carboxylic acids is 1. The van der Waals surface area contributed by atoms with E-state index in [9.17, 15) is 14.7 Å². The van der Waals surface area contributed by atoms with Crippen LogP contribution in [0.15, 0.2) is 42.5 Å². The van der Waals surface area contributed by atoms with Gasteiger partial charge in [-0.2, -0.15) is 0 Å². The number of benzene rings is 1. The minimum absolute atomic E-state index is 0.158. The SMILES string of the molecule is COc1ccc(NC(=O)C2(C)C=CC=CC2C(=O)O)cc1OC1CCCC1. The van der Waals surface area contributed by atoms with Crippen molar-refractivity contribution in [2.45, 2.75) is 38.7 Å². The lowest BCUT2D eigenvalue weighted by atomic mass is 9.73. The number of ether oxygens (including phenoxy) is 2. The third kappa shape index (κ3) is 3.99. The van der Waals surface area contributed by atoms with E-state index in [1.54, 1.807) is 50.5 Å². The van der Waals surface area contributed by atoms with E-state index < -0.39 is 17.3 Å². The number of rotatable bonds is 6. The number of amides is 1. The molecule has 0 heterocycles. The Hall–Kier alpha value is -2.76. The van der Waals surface area contributed by atoms with Crippen LogP contribution in [0.4, 0.5) is 5.69 Å². The third-order valence-electron chi connectivity index (χ3n) is 5.28. The zero-order chi connectivity index (χ0) is 19.4. The van der Waals surface area contributed by atoms with Gasteiger partial charge in [0.15, 0.2) is 11.5 Å². The molecule has 6 heteroatoms. The number of carboxylic acids is 1. The van der Waals surface area contributed by atoms with Gasteiger partial charge in [-0.05, 0) is 44.7 Å². The van der Waals surface area contributed by atoms with Crippen LogP contribution in [0.25, 0.3) is 0 Å². The van der Waals surface area contributed by atoms with Crippen LogP contribution in [-0.4, -0.2) is 30.2 Å². The molecule has 0 radical (unpaired) electrons. The molecule has 6 nitrogen and oxygen atoms in total. The van der Waals surface area contributed by atoms with Crippen LogP contribution in [0.1, 0.15) is 32.6 Å².